The van der Waals surface area contributed by atoms with Crippen LogP contribution in [0, 0.1) is 0 Å². The highest BCUT2D eigenvalue weighted by Crippen LogP contribution is 2.21. The number of anilines is 1. The minimum absolute atomic E-state index is 0.247. The van der Waals surface area contributed by atoms with Crippen molar-refractivity contribution in [3.8, 4) is 5.75 Å². The molecule has 0 N–H and O–H groups in total. The minimum atomic E-state index is -0.321. The highest BCUT2D eigenvalue weighted by atomic mass is 16.6. The standard InChI is InChI=1S/C16H15NO3/c18-16-17(13-7-3-1-4-8-13)11-15(20-16)12-19-14-9-5-2-6-10-14/h1-10,15H,11-12H2/t15-/m0/s1. The van der Waals surface area contributed by atoms with E-state index in [1.165, 1.54) is 0 Å². The van der Waals surface area contributed by atoms with Gasteiger partial charge in [-0.25, -0.2) is 4.79 Å². The van der Waals surface area contributed by atoms with Crippen molar-refractivity contribution in [3.05, 3.63) is 60.7 Å². The van der Waals surface area contributed by atoms with Gasteiger partial charge in [-0.2, -0.15) is 0 Å². The fraction of sp³-hybridized carbons (Fsp3) is 0.188. The Kier molecular flexibility index (Phi) is 3.54. The van der Waals surface area contributed by atoms with Gasteiger partial charge in [0.05, 0.1) is 6.54 Å². The topological polar surface area (TPSA) is 38.8 Å². The SMILES string of the molecule is O=C1O[C@H](COc2ccccc2)CN1c1ccccc1. The zero-order valence-electron chi connectivity index (χ0n) is 10.9. The monoisotopic (exact) mass is 269 g/mol. The van der Waals surface area contributed by atoms with Crippen molar-refractivity contribution in [2.75, 3.05) is 18.1 Å². The van der Waals surface area contributed by atoms with E-state index in [-0.39, 0.29) is 12.2 Å². The van der Waals surface area contributed by atoms with Crippen molar-refractivity contribution in [1.29, 1.82) is 0 Å². The molecule has 20 heavy (non-hydrogen) atoms. The van der Waals surface area contributed by atoms with E-state index in [2.05, 4.69) is 0 Å². The van der Waals surface area contributed by atoms with Gasteiger partial charge < -0.3 is 9.47 Å². The fourth-order valence-corrected chi connectivity index (χ4v) is 2.13. The van der Waals surface area contributed by atoms with Crippen LogP contribution in [0.3, 0.4) is 0 Å². The molecule has 0 aromatic heterocycles. The Balaban J connectivity index is 1.60. The summed E-state index contributed by atoms with van der Waals surface area (Å²) >= 11 is 0. The number of rotatable bonds is 4. The third kappa shape index (κ3) is 2.74. The Bertz CT molecular complexity index is 571. The van der Waals surface area contributed by atoms with E-state index in [1.807, 2.05) is 60.7 Å². The molecule has 102 valence electrons. The zero-order chi connectivity index (χ0) is 13.8. The molecule has 1 aliphatic heterocycles. The Labute approximate surface area is 117 Å². The normalized spacial score (nSPS) is 17.9. The van der Waals surface area contributed by atoms with Gasteiger partial charge in [-0.15, -0.1) is 0 Å². The zero-order valence-corrected chi connectivity index (χ0v) is 10.9. The van der Waals surface area contributed by atoms with Crippen LogP contribution in [-0.4, -0.2) is 25.3 Å². The van der Waals surface area contributed by atoms with E-state index in [1.54, 1.807) is 4.90 Å². The van der Waals surface area contributed by atoms with Crippen LogP contribution in [0.15, 0.2) is 60.7 Å². The first kappa shape index (κ1) is 12.5. The molecule has 0 saturated carbocycles. The third-order valence-corrected chi connectivity index (χ3v) is 3.12. The number of ether oxygens (including phenoxy) is 2. The summed E-state index contributed by atoms with van der Waals surface area (Å²) < 4.78 is 10.9. The first-order valence-corrected chi connectivity index (χ1v) is 6.54. The average Bonchev–Trinajstić information content (AvgIpc) is 2.88. The van der Waals surface area contributed by atoms with Crippen molar-refractivity contribution in [2.24, 2.45) is 0 Å². The van der Waals surface area contributed by atoms with Crippen LogP contribution in [0.1, 0.15) is 0 Å². The number of hydrogen-bond acceptors (Lipinski definition) is 3. The summed E-state index contributed by atoms with van der Waals surface area (Å²) in [7, 11) is 0. The number of cyclic esters (lactones) is 1. The lowest BCUT2D eigenvalue weighted by Crippen LogP contribution is -2.26. The first-order valence-electron chi connectivity index (χ1n) is 6.54. The quantitative estimate of drug-likeness (QED) is 0.856. The lowest BCUT2D eigenvalue weighted by molar-refractivity contribution is 0.105. The van der Waals surface area contributed by atoms with E-state index in [0.29, 0.717) is 13.2 Å². The van der Waals surface area contributed by atoms with Gasteiger partial charge in [0.25, 0.3) is 0 Å². The number of hydrogen-bond donors (Lipinski definition) is 0. The summed E-state index contributed by atoms with van der Waals surface area (Å²) in [5, 5.41) is 0. The molecule has 3 rings (SSSR count). The number of para-hydroxylation sites is 2. The molecule has 1 heterocycles. The largest absolute Gasteiger partial charge is 0.490 e. The molecule has 1 amide bonds. The Morgan fingerprint density at radius 1 is 1.05 bits per heavy atom. The average molecular weight is 269 g/mol. The molecule has 1 aliphatic rings. The summed E-state index contributed by atoms with van der Waals surface area (Å²) in [6, 6.07) is 19.0. The molecule has 2 aromatic carbocycles. The Hall–Kier alpha value is -2.49. The highest BCUT2D eigenvalue weighted by molar-refractivity contribution is 5.89. The molecule has 4 heteroatoms. The summed E-state index contributed by atoms with van der Waals surface area (Å²) in [6.07, 6.45) is -0.569. The van der Waals surface area contributed by atoms with Crippen LogP contribution in [0.4, 0.5) is 10.5 Å². The number of benzene rings is 2. The second kappa shape index (κ2) is 5.65. The molecule has 2 aromatic rings. The molecule has 1 fully saturated rings. The van der Waals surface area contributed by atoms with Gasteiger partial charge in [0, 0.05) is 5.69 Å². The fourth-order valence-electron chi connectivity index (χ4n) is 2.13. The van der Waals surface area contributed by atoms with E-state index >= 15 is 0 Å². The Morgan fingerprint density at radius 3 is 2.40 bits per heavy atom. The summed E-state index contributed by atoms with van der Waals surface area (Å²) in [4.78, 5) is 13.5. The summed E-state index contributed by atoms with van der Waals surface area (Å²) in [6.45, 7) is 0.870. The smallest absolute Gasteiger partial charge is 0.414 e. The van der Waals surface area contributed by atoms with Crippen LogP contribution in [0.2, 0.25) is 0 Å². The second-order valence-corrected chi connectivity index (χ2v) is 4.58. The van der Waals surface area contributed by atoms with E-state index in [4.69, 9.17) is 9.47 Å². The van der Waals surface area contributed by atoms with Crippen LogP contribution in [0.5, 0.6) is 5.75 Å². The number of carbonyl (C=O) groups is 1. The molecule has 0 spiro atoms. The maximum absolute atomic E-state index is 11.8. The lowest BCUT2D eigenvalue weighted by atomic mass is 10.3. The van der Waals surface area contributed by atoms with Crippen molar-refractivity contribution < 1.29 is 14.3 Å². The number of nitrogens with zero attached hydrogens (tertiary/aromatic N) is 1. The maximum atomic E-state index is 11.8. The van der Waals surface area contributed by atoms with Gasteiger partial charge in [-0.3, -0.25) is 4.90 Å². The molecular formula is C16H15NO3. The van der Waals surface area contributed by atoms with Crippen molar-refractivity contribution >= 4 is 11.8 Å². The molecule has 0 bridgehead atoms. The van der Waals surface area contributed by atoms with E-state index in [9.17, 15) is 4.79 Å². The summed E-state index contributed by atoms with van der Waals surface area (Å²) in [5.41, 5.74) is 0.847. The Morgan fingerprint density at radius 2 is 1.70 bits per heavy atom. The van der Waals surface area contributed by atoms with E-state index in [0.717, 1.165) is 11.4 Å². The third-order valence-electron chi connectivity index (χ3n) is 3.12. The van der Waals surface area contributed by atoms with Crippen LogP contribution in [0.25, 0.3) is 0 Å². The van der Waals surface area contributed by atoms with Crippen LogP contribution >= 0.6 is 0 Å². The van der Waals surface area contributed by atoms with Gasteiger partial charge >= 0.3 is 6.09 Å². The van der Waals surface area contributed by atoms with Crippen molar-refractivity contribution in [2.45, 2.75) is 6.10 Å². The molecule has 1 atom stereocenters. The maximum Gasteiger partial charge on any atom is 0.414 e. The van der Waals surface area contributed by atoms with Crippen LogP contribution in [-0.2, 0) is 4.74 Å². The predicted octanol–water partition coefficient (Wildman–Crippen LogP) is 3.09. The molecule has 0 aliphatic carbocycles. The van der Waals surface area contributed by atoms with Gasteiger partial charge in [0.1, 0.15) is 12.4 Å². The molecule has 1 saturated heterocycles. The first-order chi connectivity index (χ1) is 9.83. The van der Waals surface area contributed by atoms with Gasteiger partial charge in [-0.1, -0.05) is 36.4 Å². The minimum Gasteiger partial charge on any atom is -0.490 e. The molecule has 0 unspecified atom stereocenters. The second-order valence-electron chi connectivity index (χ2n) is 4.58. The highest BCUT2D eigenvalue weighted by Gasteiger charge is 2.32. The molecule has 0 radical (unpaired) electrons. The van der Waals surface area contributed by atoms with Crippen molar-refractivity contribution in [1.82, 2.24) is 0 Å². The summed E-state index contributed by atoms with van der Waals surface area (Å²) in [5.74, 6) is 0.779. The number of amides is 1. The van der Waals surface area contributed by atoms with E-state index < -0.39 is 0 Å². The number of carbonyl (C=O) groups excluding carboxylic acids is 1. The molecule has 4 nitrogen and oxygen atoms in total. The van der Waals surface area contributed by atoms with Crippen molar-refractivity contribution in [3.63, 3.8) is 0 Å². The lowest BCUT2D eigenvalue weighted by Gasteiger charge is -2.12. The predicted molar refractivity (Wildman–Crippen MR) is 76.0 cm³/mol. The van der Waals surface area contributed by atoms with Crippen LogP contribution < -0.4 is 9.64 Å². The molecular weight excluding hydrogens is 254 g/mol. The van der Waals surface area contributed by atoms with Gasteiger partial charge in [0.2, 0.25) is 0 Å². The van der Waals surface area contributed by atoms with Gasteiger partial charge in [-0.05, 0) is 24.3 Å². The van der Waals surface area contributed by atoms with Gasteiger partial charge in [0.15, 0.2) is 6.10 Å².